The van der Waals surface area contributed by atoms with Gasteiger partial charge in [0, 0.05) is 29.5 Å². The molecule has 0 amide bonds. The van der Waals surface area contributed by atoms with Gasteiger partial charge in [0.1, 0.15) is 28.8 Å². The fraction of sp³-hybridized carbons (Fsp3) is 0.250. The third kappa shape index (κ3) is 3.94. The first kappa shape index (κ1) is 19.8. The first-order chi connectivity index (χ1) is 14.4. The Kier molecular flexibility index (Phi) is 5.08. The second kappa shape index (κ2) is 7.71. The lowest BCUT2D eigenvalue weighted by Gasteiger charge is -2.39. The standard InChI is InChI=1S/C24H22O6/c1-24(2)20(28-21(25)12-6-15-4-9-17(27-3)10-5-15)14-18-19(30-24)11-7-16-8-13-22(26)29-23(16)18/h4-13,20H,14H2,1-3H3/b12-6+. The van der Waals surface area contributed by atoms with Crippen LogP contribution < -0.4 is 15.1 Å². The number of ether oxygens (including phenoxy) is 3. The molecule has 2 heterocycles. The molecule has 4 rings (SSSR count). The van der Waals surface area contributed by atoms with E-state index in [9.17, 15) is 9.59 Å². The van der Waals surface area contributed by atoms with Crippen molar-refractivity contribution >= 4 is 23.0 Å². The molecule has 1 unspecified atom stereocenters. The third-order valence-electron chi connectivity index (χ3n) is 5.17. The number of methoxy groups -OCH3 is 1. The van der Waals surface area contributed by atoms with E-state index in [0.29, 0.717) is 17.8 Å². The largest absolute Gasteiger partial charge is 0.497 e. The van der Waals surface area contributed by atoms with Gasteiger partial charge in [0.15, 0.2) is 0 Å². The summed E-state index contributed by atoms with van der Waals surface area (Å²) < 4.78 is 22.3. The van der Waals surface area contributed by atoms with Gasteiger partial charge < -0.3 is 18.6 Å². The zero-order valence-electron chi connectivity index (χ0n) is 17.0. The first-order valence-electron chi connectivity index (χ1n) is 9.63. The molecule has 0 N–H and O–H groups in total. The molecule has 0 radical (unpaired) electrons. The van der Waals surface area contributed by atoms with Crippen LogP contribution in [0, 0.1) is 0 Å². The van der Waals surface area contributed by atoms with Crippen molar-refractivity contribution in [3.8, 4) is 11.5 Å². The van der Waals surface area contributed by atoms with E-state index in [1.165, 1.54) is 12.1 Å². The molecule has 2 aromatic carbocycles. The van der Waals surface area contributed by atoms with Gasteiger partial charge >= 0.3 is 11.6 Å². The summed E-state index contributed by atoms with van der Waals surface area (Å²) in [6.07, 6.45) is 2.90. The van der Waals surface area contributed by atoms with Crippen molar-refractivity contribution in [1.82, 2.24) is 0 Å². The minimum Gasteiger partial charge on any atom is -0.497 e. The fourth-order valence-corrected chi connectivity index (χ4v) is 3.48. The average Bonchev–Trinajstić information content (AvgIpc) is 2.73. The van der Waals surface area contributed by atoms with Crippen LogP contribution in [0.1, 0.15) is 25.0 Å². The monoisotopic (exact) mass is 406 g/mol. The molecule has 0 aliphatic carbocycles. The predicted molar refractivity (Wildman–Crippen MR) is 113 cm³/mol. The van der Waals surface area contributed by atoms with Gasteiger partial charge in [-0.1, -0.05) is 12.1 Å². The van der Waals surface area contributed by atoms with Crippen LogP contribution in [0.25, 0.3) is 17.0 Å². The van der Waals surface area contributed by atoms with Crippen LogP contribution in [-0.2, 0) is 16.0 Å². The molecule has 0 saturated carbocycles. The summed E-state index contributed by atoms with van der Waals surface area (Å²) in [5.41, 5.74) is 0.868. The molecule has 30 heavy (non-hydrogen) atoms. The maximum atomic E-state index is 12.5. The van der Waals surface area contributed by atoms with Gasteiger partial charge in [-0.3, -0.25) is 0 Å². The second-order valence-electron chi connectivity index (χ2n) is 7.66. The van der Waals surface area contributed by atoms with Gasteiger partial charge in [0.05, 0.1) is 7.11 Å². The highest BCUT2D eigenvalue weighted by Crippen LogP contribution is 2.38. The highest BCUT2D eigenvalue weighted by atomic mass is 16.6. The number of hydrogen-bond acceptors (Lipinski definition) is 6. The molecule has 0 fully saturated rings. The molecule has 0 spiro atoms. The lowest BCUT2D eigenvalue weighted by Crippen LogP contribution is -2.48. The summed E-state index contributed by atoms with van der Waals surface area (Å²) in [5.74, 6) is 0.897. The van der Waals surface area contributed by atoms with Crippen molar-refractivity contribution in [3.05, 3.63) is 76.2 Å². The molecular formula is C24H22O6. The average molecular weight is 406 g/mol. The topological polar surface area (TPSA) is 75.0 Å². The molecule has 154 valence electrons. The number of rotatable bonds is 4. The first-order valence-corrected chi connectivity index (χ1v) is 9.63. The summed E-state index contributed by atoms with van der Waals surface area (Å²) in [7, 11) is 1.60. The normalized spacial score (nSPS) is 17.4. The van der Waals surface area contributed by atoms with E-state index < -0.39 is 23.3 Å². The zero-order chi connectivity index (χ0) is 21.3. The van der Waals surface area contributed by atoms with Gasteiger partial charge in [-0.15, -0.1) is 0 Å². The maximum absolute atomic E-state index is 12.5. The Labute approximate surface area is 173 Å². The molecular weight excluding hydrogens is 384 g/mol. The molecule has 0 saturated heterocycles. The van der Waals surface area contributed by atoms with Crippen LogP contribution in [-0.4, -0.2) is 24.8 Å². The molecule has 1 aliphatic rings. The molecule has 6 nitrogen and oxygen atoms in total. The van der Waals surface area contributed by atoms with Crippen LogP contribution >= 0.6 is 0 Å². The molecule has 3 aromatic rings. The summed E-state index contributed by atoms with van der Waals surface area (Å²) in [4.78, 5) is 24.2. The van der Waals surface area contributed by atoms with E-state index >= 15 is 0 Å². The molecule has 6 heteroatoms. The van der Waals surface area contributed by atoms with E-state index in [-0.39, 0.29) is 0 Å². The predicted octanol–water partition coefficient (Wildman–Crippen LogP) is 4.14. The number of carbonyl (C=O) groups is 1. The van der Waals surface area contributed by atoms with Gasteiger partial charge in [-0.25, -0.2) is 9.59 Å². The lowest BCUT2D eigenvalue weighted by atomic mass is 9.90. The summed E-state index contributed by atoms with van der Waals surface area (Å²) >= 11 is 0. The number of hydrogen-bond donors (Lipinski definition) is 0. The van der Waals surface area contributed by atoms with E-state index in [0.717, 1.165) is 22.3 Å². The van der Waals surface area contributed by atoms with Crippen molar-refractivity contribution in [2.75, 3.05) is 7.11 Å². The molecule has 0 bridgehead atoms. The highest BCUT2D eigenvalue weighted by Gasteiger charge is 2.40. The quantitative estimate of drug-likeness (QED) is 0.368. The van der Waals surface area contributed by atoms with Crippen LogP contribution in [0.4, 0.5) is 0 Å². The van der Waals surface area contributed by atoms with Crippen LogP contribution in [0.2, 0.25) is 0 Å². The van der Waals surface area contributed by atoms with Crippen LogP contribution in [0.15, 0.2) is 63.8 Å². The summed E-state index contributed by atoms with van der Waals surface area (Å²) in [6.45, 7) is 3.73. The number of carbonyl (C=O) groups excluding carboxylic acids is 1. The summed E-state index contributed by atoms with van der Waals surface area (Å²) in [5, 5.41) is 0.793. The van der Waals surface area contributed by atoms with E-state index in [1.807, 2.05) is 50.2 Å². The van der Waals surface area contributed by atoms with Crippen molar-refractivity contribution in [1.29, 1.82) is 0 Å². The molecule has 1 atom stereocenters. The Morgan fingerprint density at radius 1 is 1.10 bits per heavy atom. The van der Waals surface area contributed by atoms with E-state index in [4.69, 9.17) is 18.6 Å². The number of benzene rings is 2. The van der Waals surface area contributed by atoms with Gasteiger partial charge in [0.2, 0.25) is 0 Å². The third-order valence-corrected chi connectivity index (χ3v) is 5.17. The summed E-state index contributed by atoms with van der Waals surface area (Å²) in [6, 6.07) is 14.1. The fourth-order valence-electron chi connectivity index (χ4n) is 3.48. The SMILES string of the molecule is COc1ccc(/C=C/C(=O)OC2Cc3c(ccc4ccc(=O)oc34)OC2(C)C)cc1. The maximum Gasteiger partial charge on any atom is 0.336 e. The Balaban J connectivity index is 1.55. The Morgan fingerprint density at radius 3 is 2.57 bits per heavy atom. The minimum absolute atomic E-state index is 0.384. The van der Waals surface area contributed by atoms with Crippen LogP contribution in [0.3, 0.4) is 0 Å². The van der Waals surface area contributed by atoms with Gasteiger partial charge in [0.25, 0.3) is 0 Å². The number of fused-ring (bicyclic) bond motifs is 3. The van der Waals surface area contributed by atoms with E-state index in [1.54, 1.807) is 19.3 Å². The van der Waals surface area contributed by atoms with Crippen molar-refractivity contribution < 1.29 is 23.4 Å². The van der Waals surface area contributed by atoms with E-state index in [2.05, 4.69) is 0 Å². The second-order valence-corrected chi connectivity index (χ2v) is 7.66. The number of esters is 1. The Hall–Kier alpha value is -3.54. The van der Waals surface area contributed by atoms with Gasteiger partial charge in [-0.05, 0) is 55.8 Å². The molecule has 1 aromatic heterocycles. The highest BCUT2D eigenvalue weighted by molar-refractivity contribution is 5.87. The lowest BCUT2D eigenvalue weighted by molar-refractivity contribution is -0.155. The van der Waals surface area contributed by atoms with Crippen LogP contribution in [0.5, 0.6) is 11.5 Å². The van der Waals surface area contributed by atoms with Crippen molar-refractivity contribution in [3.63, 3.8) is 0 Å². The Morgan fingerprint density at radius 2 is 1.83 bits per heavy atom. The minimum atomic E-state index is -0.737. The Bertz CT molecular complexity index is 1170. The zero-order valence-corrected chi connectivity index (χ0v) is 17.0. The van der Waals surface area contributed by atoms with Crippen molar-refractivity contribution in [2.24, 2.45) is 0 Å². The smallest absolute Gasteiger partial charge is 0.336 e. The van der Waals surface area contributed by atoms with Crippen molar-refractivity contribution in [2.45, 2.75) is 32.0 Å². The molecule has 1 aliphatic heterocycles. The van der Waals surface area contributed by atoms with Gasteiger partial charge in [-0.2, -0.15) is 0 Å².